The van der Waals surface area contributed by atoms with E-state index in [1.165, 1.54) is 11.1 Å². The van der Waals surface area contributed by atoms with E-state index in [4.69, 9.17) is 6.42 Å². The molecular weight excluding hydrogens is 186 g/mol. The van der Waals surface area contributed by atoms with E-state index in [0.717, 1.165) is 32.5 Å². The van der Waals surface area contributed by atoms with Gasteiger partial charge >= 0.3 is 0 Å². The molecule has 0 radical (unpaired) electrons. The van der Waals surface area contributed by atoms with Crippen molar-refractivity contribution in [1.29, 1.82) is 0 Å². The molecule has 0 saturated heterocycles. The van der Waals surface area contributed by atoms with Crippen molar-refractivity contribution in [3.8, 4) is 18.1 Å². The zero-order valence-electron chi connectivity index (χ0n) is 8.74. The van der Waals surface area contributed by atoms with E-state index in [2.05, 4.69) is 10.8 Å². The highest BCUT2D eigenvalue weighted by molar-refractivity contribution is 5.36. The van der Waals surface area contributed by atoms with Crippen LogP contribution in [-0.4, -0.2) is 29.6 Å². The lowest BCUT2D eigenvalue weighted by molar-refractivity contribution is 0.323. The van der Waals surface area contributed by atoms with E-state index >= 15 is 0 Å². The fourth-order valence-electron chi connectivity index (χ4n) is 2.05. The Balaban J connectivity index is 2.15. The number of phenols is 1. The van der Waals surface area contributed by atoms with Crippen LogP contribution in [0.15, 0.2) is 18.2 Å². The Morgan fingerprint density at radius 2 is 2.00 bits per heavy atom. The molecule has 78 valence electrons. The number of nitrogens with zero attached hydrogens (tertiary/aromatic N) is 1. The molecule has 2 rings (SSSR count). The molecule has 1 aromatic rings. The number of phenolic OH excluding ortho intramolecular Hbond substituents is 1. The monoisotopic (exact) mass is 201 g/mol. The fraction of sp³-hybridized carbons (Fsp3) is 0.385. The maximum Gasteiger partial charge on any atom is 0.115 e. The average molecular weight is 201 g/mol. The fourth-order valence-corrected chi connectivity index (χ4v) is 2.05. The van der Waals surface area contributed by atoms with Gasteiger partial charge in [0.2, 0.25) is 0 Å². The van der Waals surface area contributed by atoms with Gasteiger partial charge in [-0.05, 0) is 36.1 Å². The molecule has 1 aliphatic heterocycles. The lowest BCUT2D eigenvalue weighted by atomic mass is 10.0. The molecule has 2 heteroatoms. The van der Waals surface area contributed by atoms with Gasteiger partial charge in [-0.2, -0.15) is 0 Å². The average Bonchev–Trinajstić information content (AvgIpc) is 2.42. The maximum absolute atomic E-state index is 9.40. The van der Waals surface area contributed by atoms with Gasteiger partial charge in [0, 0.05) is 13.1 Å². The van der Waals surface area contributed by atoms with Crippen molar-refractivity contribution in [3.63, 3.8) is 0 Å². The largest absolute Gasteiger partial charge is 0.508 e. The van der Waals surface area contributed by atoms with Gasteiger partial charge in [0.15, 0.2) is 0 Å². The van der Waals surface area contributed by atoms with E-state index in [0.29, 0.717) is 5.75 Å². The summed E-state index contributed by atoms with van der Waals surface area (Å²) in [5, 5.41) is 9.40. The molecule has 0 aliphatic carbocycles. The van der Waals surface area contributed by atoms with Crippen LogP contribution >= 0.6 is 0 Å². The number of benzene rings is 1. The minimum absolute atomic E-state index is 0.360. The molecule has 1 heterocycles. The molecule has 1 aliphatic rings. The number of aromatic hydroxyl groups is 1. The van der Waals surface area contributed by atoms with Crippen LogP contribution in [0.4, 0.5) is 0 Å². The molecule has 0 saturated carbocycles. The number of rotatable bonds is 1. The number of hydrogen-bond acceptors (Lipinski definition) is 2. The zero-order valence-corrected chi connectivity index (χ0v) is 8.74. The summed E-state index contributed by atoms with van der Waals surface area (Å²) in [6.45, 7) is 2.72. The van der Waals surface area contributed by atoms with Crippen LogP contribution in [-0.2, 0) is 12.8 Å². The first-order valence-corrected chi connectivity index (χ1v) is 5.26. The summed E-state index contributed by atoms with van der Waals surface area (Å²) in [4.78, 5) is 2.27. The van der Waals surface area contributed by atoms with Crippen molar-refractivity contribution in [1.82, 2.24) is 4.90 Å². The second kappa shape index (κ2) is 4.37. The summed E-state index contributed by atoms with van der Waals surface area (Å²) in [5.41, 5.74) is 2.60. The molecule has 1 N–H and O–H groups in total. The quantitative estimate of drug-likeness (QED) is 0.695. The Kier molecular flexibility index (Phi) is 2.94. The first kappa shape index (κ1) is 10.1. The van der Waals surface area contributed by atoms with E-state index < -0.39 is 0 Å². The zero-order chi connectivity index (χ0) is 10.7. The molecule has 0 unspecified atom stereocenters. The van der Waals surface area contributed by atoms with Crippen LogP contribution in [0.3, 0.4) is 0 Å². The molecule has 2 nitrogen and oxygen atoms in total. The predicted molar refractivity (Wildman–Crippen MR) is 60.8 cm³/mol. The summed E-state index contributed by atoms with van der Waals surface area (Å²) in [6, 6.07) is 5.65. The third-order valence-electron chi connectivity index (χ3n) is 2.90. The summed E-state index contributed by atoms with van der Waals surface area (Å²) < 4.78 is 0. The molecule has 0 fully saturated rings. The number of hydrogen-bond donors (Lipinski definition) is 1. The Morgan fingerprint density at radius 3 is 2.73 bits per heavy atom. The van der Waals surface area contributed by atoms with Crippen LogP contribution in [0.5, 0.6) is 5.75 Å². The lowest BCUT2D eigenvalue weighted by Gasteiger charge is -2.15. The lowest BCUT2D eigenvalue weighted by Crippen LogP contribution is -2.26. The highest BCUT2D eigenvalue weighted by Gasteiger charge is 2.12. The van der Waals surface area contributed by atoms with Crippen LogP contribution < -0.4 is 0 Å². The van der Waals surface area contributed by atoms with Gasteiger partial charge in [0.25, 0.3) is 0 Å². The molecule has 15 heavy (non-hydrogen) atoms. The maximum atomic E-state index is 9.40. The van der Waals surface area contributed by atoms with Crippen LogP contribution in [0.2, 0.25) is 0 Å². The third kappa shape index (κ3) is 2.31. The smallest absolute Gasteiger partial charge is 0.115 e. The van der Waals surface area contributed by atoms with Gasteiger partial charge < -0.3 is 5.11 Å². The Hall–Kier alpha value is -1.46. The summed E-state index contributed by atoms with van der Waals surface area (Å²) >= 11 is 0. The van der Waals surface area contributed by atoms with Crippen molar-refractivity contribution in [2.45, 2.75) is 12.8 Å². The Bertz CT molecular complexity index is 392. The minimum atomic E-state index is 0.360. The highest BCUT2D eigenvalue weighted by Crippen LogP contribution is 2.20. The highest BCUT2D eigenvalue weighted by atomic mass is 16.3. The molecule has 0 spiro atoms. The second-order valence-electron chi connectivity index (χ2n) is 3.93. The minimum Gasteiger partial charge on any atom is -0.508 e. The second-order valence-corrected chi connectivity index (χ2v) is 3.93. The Morgan fingerprint density at radius 1 is 1.27 bits per heavy atom. The topological polar surface area (TPSA) is 23.5 Å². The standard InChI is InChI=1S/C13H15NO/c1-2-7-14-8-5-11-3-4-13(15)10-12(11)6-9-14/h1,3-4,10,15H,5-9H2. The number of terminal acetylenes is 1. The van der Waals surface area contributed by atoms with Crippen molar-refractivity contribution in [3.05, 3.63) is 29.3 Å². The van der Waals surface area contributed by atoms with Gasteiger partial charge in [-0.1, -0.05) is 12.0 Å². The molecule has 0 amide bonds. The van der Waals surface area contributed by atoms with Crippen LogP contribution in [0.25, 0.3) is 0 Å². The van der Waals surface area contributed by atoms with Gasteiger partial charge in [0.1, 0.15) is 5.75 Å². The molecule has 1 aromatic carbocycles. The van der Waals surface area contributed by atoms with E-state index in [-0.39, 0.29) is 0 Å². The van der Waals surface area contributed by atoms with Crippen LogP contribution in [0.1, 0.15) is 11.1 Å². The van der Waals surface area contributed by atoms with Gasteiger partial charge in [-0.3, -0.25) is 4.90 Å². The predicted octanol–water partition coefficient (Wildman–Crippen LogP) is 1.43. The first-order valence-electron chi connectivity index (χ1n) is 5.26. The molecular formula is C13H15NO. The molecule has 0 atom stereocenters. The Labute approximate surface area is 90.5 Å². The first-order chi connectivity index (χ1) is 7.29. The SMILES string of the molecule is C#CCN1CCc2ccc(O)cc2CC1. The molecule has 0 aromatic heterocycles. The van der Waals surface area contributed by atoms with Gasteiger partial charge in [-0.15, -0.1) is 6.42 Å². The summed E-state index contributed by atoms with van der Waals surface area (Å²) in [6.07, 6.45) is 7.31. The summed E-state index contributed by atoms with van der Waals surface area (Å²) in [7, 11) is 0. The van der Waals surface area contributed by atoms with Crippen molar-refractivity contribution < 1.29 is 5.11 Å². The normalized spacial score (nSPS) is 16.5. The van der Waals surface area contributed by atoms with E-state index in [9.17, 15) is 5.11 Å². The summed E-state index contributed by atoms with van der Waals surface area (Å²) in [5.74, 6) is 3.04. The van der Waals surface area contributed by atoms with E-state index in [1.54, 1.807) is 6.07 Å². The van der Waals surface area contributed by atoms with Crippen molar-refractivity contribution in [2.75, 3.05) is 19.6 Å². The number of fused-ring (bicyclic) bond motifs is 1. The van der Waals surface area contributed by atoms with Crippen molar-refractivity contribution >= 4 is 0 Å². The van der Waals surface area contributed by atoms with Gasteiger partial charge in [0.05, 0.1) is 6.54 Å². The van der Waals surface area contributed by atoms with E-state index in [1.807, 2.05) is 12.1 Å². The van der Waals surface area contributed by atoms with Crippen LogP contribution in [0, 0.1) is 12.3 Å². The van der Waals surface area contributed by atoms with Crippen molar-refractivity contribution in [2.24, 2.45) is 0 Å². The molecule has 0 bridgehead atoms. The third-order valence-corrected chi connectivity index (χ3v) is 2.90. The van der Waals surface area contributed by atoms with Gasteiger partial charge in [-0.25, -0.2) is 0 Å².